The summed E-state index contributed by atoms with van der Waals surface area (Å²) in [7, 11) is -0.995. The van der Waals surface area contributed by atoms with Crippen LogP contribution >= 0.6 is 0 Å². The number of nitrogens with two attached hydrogens (primary N) is 1. The zero-order chi connectivity index (χ0) is 11.5. The van der Waals surface area contributed by atoms with Gasteiger partial charge in [-0.15, -0.1) is 0 Å². The number of hydrogen-bond acceptors (Lipinski definition) is 2. The molecule has 2 rings (SSSR count). The predicted octanol–water partition coefficient (Wildman–Crippen LogP) is 2.29. The molecule has 0 fully saturated rings. The van der Waals surface area contributed by atoms with E-state index in [0.29, 0.717) is 5.75 Å². The van der Waals surface area contributed by atoms with Crippen molar-refractivity contribution >= 4 is 21.6 Å². The second-order valence-electron chi connectivity index (χ2n) is 4.00. The highest BCUT2D eigenvalue weighted by Gasteiger charge is 2.06. The van der Waals surface area contributed by atoms with Crippen LogP contribution in [-0.4, -0.2) is 16.0 Å². The Balaban J connectivity index is 2.35. The standard InChI is InChI=1S/C13H15NOS/c1-10(14)9-16(15)13-7-6-11-4-2-3-5-12(11)8-13/h2-8,10H,9,14H2,1H3. The third-order valence-electron chi connectivity index (χ3n) is 2.40. The van der Waals surface area contributed by atoms with Crippen LogP contribution in [0, 0.1) is 0 Å². The van der Waals surface area contributed by atoms with Gasteiger partial charge in [-0.1, -0.05) is 30.3 Å². The lowest BCUT2D eigenvalue weighted by molar-refractivity contribution is 0.676. The molecular formula is C13H15NOS. The van der Waals surface area contributed by atoms with Crippen LogP contribution in [0.15, 0.2) is 47.4 Å². The van der Waals surface area contributed by atoms with Gasteiger partial charge in [0.25, 0.3) is 0 Å². The first-order valence-electron chi connectivity index (χ1n) is 5.29. The Hall–Kier alpha value is -1.19. The van der Waals surface area contributed by atoms with Crippen LogP contribution in [0.25, 0.3) is 10.8 Å². The normalized spacial score (nSPS) is 14.9. The Bertz CT molecular complexity index is 522. The van der Waals surface area contributed by atoms with E-state index in [-0.39, 0.29) is 6.04 Å². The molecule has 0 aromatic heterocycles. The van der Waals surface area contributed by atoms with Crippen LogP contribution in [0.4, 0.5) is 0 Å². The molecule has 2 nitrogen and oxygen atoms in total. The zero-order valence-electron chi connectivity index (χ0n) is 9.22. The lowest BCUT2D eigenvalue weighted by atomic mass is 10.1. The lowest BCUT2D eigenvalue weighted by Crippen LogP contribution is -2.22. The fourth-order valence-electron chi connectivity index (χ4n) is 1.64. The SMILES string of the molecule is CC(N)CS(=O)c1ccc2ccccc2c1. The van der Waals surface area contributed by atoms with Gasteiger partial charge in [0.1, 0.15) is 0 Å². The number of benzene rings is 2. The topological polar surface area (TPSA) is 43.1 Å². The molecule has 3 heteroatoms. The van der Waals surface area contributed by atoms with E-state index in [1.165, 1.54) is 5.39 Å². The van der Waals surface area contributed by atoms with Crippen molar-refractivity contribution in [3.8, 4) is 0 Å². The fraction of sp³-hybridized carbons (Fsp3) is 0.231. The van der Waals surface area contributed by atoms with E-state index in [1.54, 1.807) is 0 Å². The number of hydrogen-bond donors (Lipinski definition) is 1. The summed E-state index contributed by atoms with van der Waals surface area (Å²) in [5.74, 6) is 0.512. The molecule has 0 radical (unpaired) electrons. The van der Waals surface area contributed by atoms with Gasteiger partial charge in [-0.2, -0.15) is 0 Å². The highest BCUT2D eigenvalue weighted by molar-refractivity contribution is 7.85. The van der Waals surface area contributed by atoms with Crippen LogP contribution in [-0.2, 0) is 10.8 Å². The van der Waals surface area contributed by atoms with E-state index >= 15 is 0 Å². The van der Waals surface area contributed by atoms with Gasteiger partial charge < -0.3 is 5.73 Å². The molecule has 2 unspecified atom stereocenters. The van der Waals surface area contributed by atoms with Gasteiger partial charge in [0, 0.05) is 16.7 Å². The highest BCUT2D eigenvalue weighted by Crippen LogP contribution is 2.18. The fourth-order valence-corrected chi connectivity index (χ4v) is 2.79. The lowest BCUT2D eigenvalue weighted by Gasteiger charge is -2.06. The summed E-state index contributed by atoms with van der Waals surface area (Å²) < 4.78 is 11.9. The van der Waals surface area contributed by atoms with Crippen LogP contribution in [0.1, 0.15) is 6.92 Å². The first kappa shape index (κ1) is 11.3. The molecule has 0 saturated heterocycles. The Labute approximate surface area is 97.9 Å². The summed E-state index contributed by atoms with van der Waals surface area (Å²) in [5, 5.41) is 2.29. The molecule has 2 aromatic carbocycles. The molecule has 0 aliphatic rings. The molecule has 16 heavy (non-hydrogen) atoms. The molecule has 0 bridgehead atoms. The minimum Gasteiger partial charge on any atom is -0.327 e. The molecular weight excluding hydrogens is 218 g/mol. The Morgan fingerprint density at radius 3 is 2.56 bits per heavy atom. The van der Waals surface area contributed by atoms with Crippen molar-refractivity contribution in [2.75, 3.05) is 5.75 Å². The van der Waals surface area contributed by atoms with Gasteiger partial charge in [-0.3, -0.25) is 4.21 Å². The molecule has 0 spiro atoms. The van der Waals surface area contributed by atoms with Gasteiger partial charge in [-0.25, -0.2) is 0 Å². The van der Waals surface area contributed by atoms with Crippen molar-refractivity contribution in [2.24, 2.45) is 5.73 Å². The van der Waals surface area contributed by atoms with Gasteiger partial charge in [0.15, 0.2) is 0 Å². The smallest absolute Gasteiger partial charge is 0.0545 e. The van der Waals surface area contributed by atoms with Crippen LogP contribution < -0.4 is 5.73 Å². The summed E-state index contributed by atoms with van der Waals surface area (Å²) >= 11 is 0. The van der Waals surface area contributed by atoms with E-state index in [4.69, 9.17) is 5.73 Å². The van der Waals surface area contributed by atoms with Crippen LogP contribution in [0.3, 0.4) is 0 Å². The average Bonchev–Trinajstić information content (AvgIpc) is 2.27. The third kappa shape index (κ3) is 2.49. The van der Waals surface area contributed by atoms with E-state index in [1.807, 2.05) is 49.4 Å². The molecule has 0 heterocycles. The summed E-state index contributed by atoms with van der Waals surface area (Å²) in [5.41, 5.74) is 5.65. The molecule has 0 saturated carbocycles. The quantitative estimate of drug-likeness (QED) is 0.884. The maximum absolute atomic E-state index is 11.9. The maximum Gasteiger partial charge on any atom is 0.0545 e. The third-order valence-corrected chi connectivity index (χ3v) is 4.01. The van der Waals surface area contributed by atoms with Gasteiger partial charge in [0.2, 0.25) is 0 Å². The van der Waals surface area contributed by atoms with Crippen LogP contribution in [0.5, 0.6) is 0 Å². The van der Waals surface area contributed by atoms with Gasteiger partial charge in [-0.05, 0) is 29.8 Å². The van der Waals surface area contributed by atoms with Crippen LogP contribution in [0.2, 0.25) is 0 Å². The van der Waals surface area contributed by atoms with Gasteiger partial charge in [0.05, 0.1) is 10.8 Å². The summed E-state index contributed by atoms with van der Waals surface area (Å²) in [6.45, 7) is 1.87. The van der Waals surface area contributed by atoms with Crippen molar-refractivity contribution < 1.29 is 4.21 Å². The van der Waals surface area contributed by atoms with E-state index in [9.17, 15) is 4.21 Å². The largest absolute Gasteiger partial charge is 0.327 e. The Morgan fingerprint density at radius 1 is 1.19 bits per heavy atom. The minimum absolute atomic E-state index is 0.0349. The first-order chi connectivity index (χ1) is 7.66. The van der Waals surface area contributed by atoms with Crippen molar-refractivity contribution in [2.45, 2.75) is 17.9 Å². The average molecular weight is 233 g/mol. The molecule has 0 aliphatic heterocycles. The number of rotatable bonds is 3. The van der Waals surface area contributed by atoms with Crippen molar-refractivity contribution in [3.63, 3.8) is 0 Å². The Morgan fingerprint density at radius 2 is 1.88 bits per heavy atom. The second kappa shape index (κ2) is 4.76. The van der Waals surface area contributed by atoms with Gasteiger partial charge >= 0.3 is 0 Å². The van der Waals surface area contributed by atoms with Crippen molar-refractivity contribution in [3.05, 3.63) is 42.5 Å². The summed E-state index contributed by atoms with van der Waals surface area (Å²) in [6, 6.07) is 13.9. The van der Waals surface area contributed by atoms with E-state index in [2.05, 4.69) is 0 Å². The monoisotopic (exact) mass is 233 g/mol. The second-order valence-corrected chi connectivity index (χ2v) is 5.49. The zero-order valence-corrected chi connectivity index (χ0v) is 10.0. The molecule has 0 amide bonds. The molecule has 2 atom stereocenters. The molecule has 0 aliphatic carbocycles. The Kier molecular flexibility index (Phi) is 3.36. The van der Waals surface area contributed by atoms with E-state index < -0.39 is 10.8 Å². The van der Waals surface area contributed by atoms with Crippen molar-refractivity contribution in [1.29, 1.82) is 0 Å². The minimum atomic E-state index is -0.995. The van der Waals surface area contributed by atoms with E-state index in [0.717, 1.165) is 10.3 Å². The summed E-state index contributed by atoms with van der Waals surface area (Å²) in [6.07, 6.45) is 0. The maximum atomic E-state index is 11.9. The molecule has 2 aromatic rings. The highest BCUT2D eigenvalue weighted by atomic mass is 32.2. The molecule has 2 N–H and O–H groups in total. The first-order valence-corrected chi connectivity index (χ1v) is 6.61. The van der Waals surface area contributed by atoms with Crippen molar-refractivity contribution in [1.82, 2.24) is 0 Å². The predicted molar refractivity (Wildman–Crippen MR) is 68.9 cm³/mol. The molecule has 84 valence electrons. The number of fused-ring (bicyclic) bond motifs is 1. The summed E-state index contributed by atoms with van der Waals surface area (Å²) in [4.78, 5) is 0.857.